The molecular weight excluding hydrogens is 372 g/mol. The van der Waals surface area contributed by atoms with Gasteiger partial charge in [0.05, 0.1) is 23.6 Å². The van der Waals surface area contributed by atoms with E-state index >= 15 is 0 Å². The van der Waals surface area contributed by atoms with Crippen LogP contribution in [0.25, 0.3) is 55.0 Å². The highest BCUT2D eigenvalue weighted by Crippen LogP contribution is 2.35. The molecule has 6 aromatic rings. The van der Waals surface area contributed by atoms with Crippen LogP contribution >= 0.6 is 0 Å². The Balaban J connectivity index is 1.55. The zero-order valence-electron chi connectivity index (χ0n) is 16.6. The molecule has 3 aromatic carbocycles. The third-order valence-electron chi connectivity index (χ3n) is 5.59. The van der Waals surface area contributed by atoms with Crippen molar-refractivity contribution in [1.29, 1.82) is 0 Å². The van der Waals surface area contributed by atoms with Crippen molar-refractivity contribution in [3.05, 3.63) is 72.7 Å². The quantitative estimate of drug-likeness (QED) is 0.391. The number of aromatic nitrogens is 6. The lowest BCUT2D eigenvalue weighted by Gasteiger charge is -2.09. The third kappa shape index (κ3) is 2.50. The number of hydrogen-bond acceptors (Lipinski definition) is 4. The van der Waals surface area contributed by atoms with E-state index in [4.69, 9.17) is 0 Å². The summed E-state index contributed by atoms with van der Waals surface area (Å²) in [7, 11) is 0. The summed E-state index contributed by atoms with van der Waals surface area (Å²) in [5.74, 6) is 1.69. The number of nitrogens with one attached hydrogen (secondary N) is 2. The Morgan fingerprint density at radius 1 is 0.700 bits per heavy atom. The Labute approximate surface area is 172 Å². The number of H-pyrrole nitrogens is 2. The average molecular weight is 390 g/mol. The van der Waals surface area contributed by atoms with Gasteiger partial charge in [-0.15, -0.1) is 0 Å². The number of benzene rings is 3. The van der Waals surface area contributed by atoms with Crippen LogP contribution in [0.1, 0.15) is 11.6 Å². The smallest absolute Gasteiger partial charge is 0.126 e. The molecule has 144 valence electrons. The molecule has 0 aliphatic rings. The fourth-order valence-corrected chi connectivity index (χ4v) is 4.16. The third-order valence-corrected chi connectivity index (χ3v) is 5.59. The molecule has 0 aliphatic carbocycles. The first kappa shape index (κ1) is 16.9. The highest BCUT2D eigenvalue weighted by atomic mass is 15.1. The molecule has 6 nitrogen and oxygen atoms in total. The van der Waals surface area contributed by atoms with Gasteiger partial charge in [0, 0.05) is 22.4 Å². The standard InChI is InChI=1S/C24H18N6/c1-13-25-12-22(28-13)16-5-3-15(4-6-16)17-7-8-18-19(9-17)20-10-26-27-11-21(20)24-23(18)29-14(2)30-24/h3-12,26H,1-2H3,(H,25,28). The van der Waals surface area contributed by atoms with Crippen LogP contribution < -0.4 is 0 Å². The van der Waals surface area contributed by atoms with E-state index in [0.717, 1.165) is 66.6 Å². The minimum Gasteiger partial charge on any atom is -0.342 e. The van der Waals surface area contributed by atoms with Crippen molar-refractivity contribution in [3.8, 4) is 22.4 Å². The van der Waals surface area contributed by atoms with Crippen molar-refractivity contribution in [1.82, 2.24) is 30.1 Å². The van der Waals surface area contributed by atoms with Crippen molar-refractivity contribution >= 4 is 32.6 Å². The minimum atomic E-state index is 0.778. The molecule has 3 heterocycles. The lowest BCUT2D eigenvalue weighted by atomic mass is 9.96. The van der Waals surface area contributed by atoms with Crippen LogP contribution in [0.3, 0.4) is 0 Å². The summed E-state index contributed by atoms with van der Waals surface area (Å²) < 4.78 is 0. The zero-order valence-corrected chi connectivity index (χ0v) is 16.6. The molecule has 2 N–H and O–H groups in total. The van der Waals surface area contributed by atoms with E-state index in [9.17, 15) is 0 Å². The molecule has 0 spiro atoms. The van der Waals surface area contributed by atoms with Crippen LogP contribution in [-0.4, -0.2) is 30.1 Å². The second-order valence-corrected chi connectivity index (χ2v) is 7.55. The maximum atomic E-state index is 4.68. The molecule has 0 fully saturated rings. The van der Waals surface area contributed by atoms with Gasteiger partial charge >= 0.3 is 0 Å². The number of nitrogens with zero attached hydrogens (tertiary/aromatic N) is 4. The van der Waals surface area contributed by atoms with Gasteiger partial charge in [0.15, 0.2) is 0 Å². The largest absolute Gasteiger partial charge is 0.342 e. The summed E-state index contributed by atoms with van der Waals surface area (Å²) in [6.07, 6.45) is 5.64. The van der Waals surface area contributed by atoms with Gasteiger partial charge in [0.2, 0.25) is 0 Å². The molecule has 6 rings (SSSR count). The van der Waals surface area contributed by atoms with Gasteiger partial charge in [0.25, 0.3) is 0 Å². The number of aromatic amines is 2. The number of aryl methyl sites for hydroxylation is 2. The molecule has 0 atom stereocenters. The number of imidazole rings is 2. The molecule has 0 unspecified atom stereocenters. The molecule has 0 amide bonds. The molecule has 0 saturated carbocycles. The van der Waals surface area contributed by atoms with E-state index in [-0.39, 0.29) is 0 Å². The predicted octanol–water partition coefficient (Wildman–Crippen LogP) is 5.33. The highest BCUT2D eigenvalue weighted by molar-refractivity contribution is 6.23. The average Bonchev–Trinajstić information content (AvgIpc) is 3.39. The minimum absolute atomic E-state index is 0.778. The van der Waals surface area contributed by atoms with Crippen molar-refractivity contribution in [2.24, 2.45) is 0 Å². The molecule has 0 aliphatic heterocycles. The molecule has 6 heteroatoms. The second-order valence-electron chi connectivity index (χ2n) is 7.55. The van der Waals surface area contributed by atoms with Crippen molar-refractivity contribution < 1.29 is 0 Å². The Bertz CT molecular complexity index is 1560. The van der Waals surface area contributed by atoms with Crippen molar-refractivity contribution in [3.63, 3.8) is 0 Å². The normalized spacial score (nSPS) is 11.7. The van der Waals surface area contributed by atoms with E-state index in [1.54, 1.807) is 0 Å². The first-order valence-electron chi connectivity index (χ1n) is 9.82. The summed E-state index contributed by atoms with van der Waals surface area (Å²) >= 11 is 0. The van der Waals surface area contributed by atoms with Crippen LogP contribution in [0.5, 0.6) is 0 Å². The Kier molecular flexibility index (Phi) is 3.49. The molecule has 0 saturated heterocycles. The van der Waals surface area contributed by atoms with Crippen LogP contribution in [0, 0.1) is 13.8 Å². The number of fused-ring (bicyclic) bond motifs is 6. The van der Waals surface area contributed by atoms with Gasteiger partial charge in [-0.05, 0) is 42.0 Å². The zero-order chi connectivity index (χ0) is 20.2. The van der Waals surface area contributed by atoms with E-state index in [1.807, 2.05) is 32.4 Å². The Hall–Kier alpha value is -4.06. The molecular formula is C24H18N6. The summed E-state index contributed by atoms with van der Waals surface area (Å²) in [4.78, 5) is 16.9. The van der Waals surface area contributed by atoms with Gasteiger partial charge in [-0.3, -0.25) is 5.10 Å². The maximum Gasteiger partial charge on any atom is 0.126 e. The van der Waals surface area contributed by atoms with Gasteiger partial charge < -0.3 is 4.98 Å². The van der Waals surface area contributed by atoms with Crippen LogP contribution in [0.4, 0.5) is 0 Å². The van der Waals surface area contributed by atoms with E-state index in [1.165, 1.54) is 0 Å². The van der Waals surface area contributed by atoms with E-state index in [0.29, 0.717) is 0 Å². The van der Waals surface area contributed by atoms with Gasteiger partial charge in [-0.1, -0.05) is 36.4 Å². The fraction of sp³-hybridized carbons (Fsp3) is 0.0833. The highest BCUT2D eigenvalue weighted by Gasteiger charge is 2.14. The number of rotatable bonds is 2. The topological polar surface area (TPSA) is 83.1 Å². The number of hydrogen-bond donors (Lipinski definition) is 2. The fourth-order valence-electron chi connectivity index (χ4n) is 4.16. The Morgan fingerprint density at radius 3 is 2.20 bits per heavy atom. The van der Waals surface area contributed by atoms with Gasteiger partial charge in [0.1, 0.15) is 17.2 Å². The monoisotopic (exact) mass is 390 g/mol. The second kappa shape index (κ2) is 6.22. The van der Waals surface area contributed by atoms with Crippen molar-refractivity contribution in [2.45, 2.75) is 13.8 Å². The SMILES string of the molecule is Cc1nc2c3ccc(-c4ccc(-c5cnc(C)[nH]5)cc4)cc3c3c[nH]ncc3c2n1. The lowest BCUT2D eigenvalue weighted by Crippen LogP contribution is -1.87. The predicted molar refractivity (Wildman–Crippen MR) is 119 cm³/mol. The summed E-state index contributed by atoms with van der Waals surface area (Å²) in [5.41, 5.74) is 6.30. The summed E-state index contributed by atoms with van der Waals surface area (Å²) in [5, 5.41) is 11.5. The van der Waals surface area contributed by atoms with Crippen LogP contribution in [0.15, 0.2) is 61.1 Å². The molecule has 0 radical (unpaired) electrons. The van der Waals surface area contributed by atoms with Crippen molar-refractivity contribution in [2.75, 3.05) is 0 Å². The first-order valence-corrected chi connectivity index (χ1v) is 9.82. The summed E-state index contributed by atoms with van der Waals surface area (Å²) in [6, 6.07) is 15.1. The first-order chi connectivity index (χ1) is 14.7. The molecule has 0 bridgehead atoms. The summed E-state index contributed by atoms with van der Waals surface area (Å²) in [6.45, 7) is 3.89. The van der Waals surface area contributed by atoms with E-state index < -0.39 is 0 Å². The van der Waals surface area contributed by atoms with E-state index in [2.05, 4.69) is 72.6 Å². The van der Waals surface area contributed by atoms with Gasteiger partial charge in [-0.25, -0.2) is 15.0 Å². The molecule has 30 heavy (non-hydrogen) atoms. The van der Waals surface area contributed by atoms with Crippen LogP contribution in [0.2, 0.25) is 0 Å². The maximum absolute atomic E-state index is 4.68. The van der Waals surface area contributed by atoms with Crippen LogP contribution in [-0.2, 0) is 0 Å². The van der Waals surface area contributed by atoms with Gasteiger partial charge in [-0.2, -0.15) is 5.10 Å². The lowest BCUT2D eigenvalue weighted by molar-refractivity contribution is 1.05. The molecule has 3 aromatic heterocycles. The Morgan fingerprint density at radius 2 is 1.43 bits per heavy atom.